The first-order valence-corrected chi connectivity index (χ1v) is 7.35. The van der Waals surface area contributed by atoms with E-state index in [2.05, 4.69) is 44.0 Å². The lowest BCUT2D eigenvalue weighted by molar-refractivity contribution is 0.303. The van der Waals surface area contributed by atoms with Gasteiger partial charge in [0.25, 0.3) is 0 Å². The molecular weight excluding hydrogens is 268 g/mol. The van der Waals surface area contributed by atoms with E-state index in [1.165, 1.54) is 16.7 Å². The Bertz CT molecular complexity index is 668. The van der Waals surface area contributed by atoms with E-state index in [4.69, 9.17) is 10.00 Å². The molecule has 0 unspecified atom stereocenters. The van der Waals surface area contributed by atoms with E-state index >= 15 is 0 Å². The van der Waals surface area contributed by atoms with Crippen molar-refractivity contribution in [3.05, 3.63) is 44.4 Å². The zero-order valence-electron chi connectivity index (χ0n) is 12.3. The number of hydrogen-bond donors (Lipinski definition) is 0. The third kappa shape index (κ3) is 3.17. The summed E-state index contributed by atoms with van der Waals surface area (Å²) in [6, 6.07) is 6.37. The zero-order valence-corrected chi connectivity index (χ0v) is 13.1. The Labute approximate surface area is 123 Å². The molecule has 0 saturated heterocycles. The number of hydrogen-bond acceptors (Lipinski definition) is 4. The molecule has 4 heteroatoms. The van der Waals surface area contributed by atoms with Crippen molar-refractivity contribution in [1.82, 2.24) is 4.98 Å². The van der Waals surface area contributed by atoms with E-state index in [0.717, 1.165) is 21.3 Å². The molecule has 0 N–H and O–H groups in total. The van der Waals surface area contributed by atoms with Gasteiger partial charge in [-0.25, -0.2) is 4.98 Å². The number of nitriles is 1. The van der Waals surface area contributed by atoms with Crippen LogP contribution in [0.5, 0.6) is 5.75 Å². The van der Waals surface area contributed by atoms with E-state index < -0.39 is 0 Å². The summed E-state index contributed by atoms with van der Waals surface area (Å²) >= 11 is 1.56. The van der Waals surface area contributed by atoms with Crippen molar-refractivity contribution in [3.8, 4) is 11.8 Å². The second kappa shape index (κ2) is 6.06. The van der Waals surface area contributed by atoms with Crippen molar-refractivity contribution < 1.29 is 4.74 Å². The quantitative estimate of drug-likeness (QED) is 0.852. The highest BCUT2D eigenvalue weighted by Gasteiger charge is 2.09. The first-order valence-electron chi connectivity index (χ1n) is 6.54. The van der Waals surface area contributed by atoms with Gasteiger partial charge in [-0.1, -0.05) is 6.07 Å². The summed E-state index contributed by atoms with van der Waals surface area (Å²) in [4.78, 5) is 5.49. The lowest BCUT2D eigenvalue weighted by atomic mass is 10.1. The molecule has 0 bridgehead atoms. The molecule has 3 nitrogen and oxygen atoms in total. The molecule has 1 aromatic heterocycles. The average Bonchev–Trinajstić information content (AvgIpc) is 2.73. The number of ether oxygens (including phenoxy) is 1. The first-order chi connectivity index (χ1) is 9.51. The van der Waals surface area contributed by atoms with Crippen molar-refractivity contribution >= 4 is 11.3 Å². The van der Waals surface area contributed by atoms with Crippen molar-refractivity contribution in [2.75, 3.05) is 0 Å². The van der Waals surface area contributed by atoms with Crippen LogP contribution in [0.1, 0.15) is 32.3 Å². The summed E-state index contributed by atoms with van der Waals surface area (Å²) in [5, 5.41) is 9.68. The van der Waals surface area contributed by atoms with Gasteiger partial charge in [0.05, 0.1) is 18.2 Å². The highest BCUT2D eigenvalue weighted by molar-refractivity contribution is 7.11. The van der Waals surface area contributed by atoms with Crippen molar-refractivity contribution in [2.24, 2.45) is 0 Å². The van der Waals surface area contributed by atoms with Crippen molar-refractivity contribution in [1.29, 1.82) is 5.26 Å². The van der Waals surface area contributed by atoms with Gasteiger partial charge in [-0.15, -0.1) is 11.3 Å². The van der Waals surface area contributed by atoms with Gasteiger partial charge in [-0.05, 0) is 50.5 Å². The monoisotopic (exact) mass is 286 g/mol. The van der Waals surface area contributed by atoms with Crippen LogP contribution in [-0.4, -0.2) is 4.98 Å². The summed E-state index contributed by atoms with van der Waals surface area (Å²) in [7, 11) is 0. The predicted molar refractivity (Wildman–Crippen MR) is 81.2 cm³/mol. The highest BCUT2D eigenvalue weighted by atomic mass is 32.1. The first kappa shape index (κ1) is 14.5. The van der Waals surface area contributed by atoms with Crippen LogP contribution < -0.4 is 4.74 Å². The minimum Gasteiger partial charge on any atom is -0.486 e. The molecule has 0 atom stereocenters. The number of nitrogens with zero attached hydrogens (tertiary/aromatic N) is 2. The van der Waals surface area contributed by atoms with Gasteiger partial charge in [0.1, 0.15) is 17.4 Å². The fraction of sp³-hybridized carbons (Fsp3) is 0.375. The SMILES string of the molecule is Cc1cc(C)c(C)c(OCc2nc(C)c(CC#N)s2)c1. The van der Waals surface area contributed by atoms with Gasteiger partial charge in [-0.2, -0.15) is 5.26 Å². The summed E-state index contributed by atoms with van der Waals surface area (Å²) in [6.07, 6.45) is 0.423. The molecule has 0 amide bonds. The topological polar surface area (TPSA) is 45.9 Å². The number of thiazole rings is 1. The minimum absolute atomic E-state index is 0.423. The molecule has 20 heavy (non-hydrogen) atoms. The van der Waals surface area contributed by atoms with Crippen LogP contribution >= 0.6 is 11.3 Å². The maximum atomic E-state index is 8.76. The Hall–Kier alpha value is -1.86. The third-order valence-corrected chi connectivity index (χ3v) is 4.42. The van der Waals surface area contributed by atoms with Gasteiger partial charge in [0, 0.05) is 4.88 Å². The summed E-state index contributed by atoms with van der Waals surface area (Å²) in [5.74, 6) is 0.914. The standard InChI is InChI=1S/C16H18N2OS/c1-10-7-11(2)12(3)14(8-10)19-9-16-18-13(4)15(20-16)5-6-17/h7-8H,5,9H2,1-4H3. The van der Waals surface area contributed by atoms with Crippen LogP contribution in [0.3, 0.4) is 0 Å². The van der Waals surface area contributed by atoms with Crippen molar-refractivity contribution in [2.45, 2.75) is 40.7 Å². The Morgan fingerprint density at radius 2 is 2.00 bits per heavy atom. The molecule has 1 aromatic carbocycles. The van der Waals surface area contributed by atoms with Crippen LogP contribution in [0.25, 0.3) is 0 Å². The molecule has 0 aliphatic rings. The lowest BCUT2D eigenvalue weighted by Gasteiger charge is -2.11. The summed E-state index contributed by atoms with van der Waals surface area (Å²) in [5.41, 5.74) is 4.54. The molecule has 0 radical (unpaired) electrons. The number of aryl methyl sites for hydroxylation is 3. The van der Waals surface area contributed by atoms with Crippen LogP contribution in [0.2, 0.25) is 0 Å². The molecule has 0 aliphatic carbocycles. The molecule has 2 rings (SSSR count). The van der Waals surface area contributed by atoms with E-state index in [-0.39, 0.29) is 0 Å². The molecule has 0 spiro atoms. The minimum atomic E-state index is 0.423. The Balaban J connectivity index is 2.13. The molecule has 2 aromatic rings. The van der Waals surface area contributed by atoms with Gasteiger partial charge in [0.15, 0.2) is 0 Å². The smallest absolute Gasteiger partial charge is 0.140 e. The van der Waals surface area contributed by atoms with E-state index in [0.29, 0.717) is 13.0 Å². The predicted octanol–water partition coefficient (Wildman–Crippen LogP) is 4.02. The van der Waals surface area contributed by atoms with E-state index in [1.807, 2.05) is 6.92 Å². The van der Waals surface area contributed by atoms with Crippen molar-refractivity contribution in [3.63, 3.8) is 0 Å². The molecule has 0 saturated carbocycles. The fourth-order valence-corrected chi connectivity index (χ4v) is 2.99. The Morgan fingerprint density at radius 1 is 1.25 bits per heavy atom. The van der Waals surface area contributed by atoms with Gasteiger partial charge in [-0.3, -0.25) is 0 Å². The lowest BCUT2D eigenvalue weighted by Crippen LogP contribution is -1.98. The second-order valence-electron chi connectivity index (χ2n) is 4.94. The van der Waals surface area contributed by atoms with E-state index in [9.17, 15) is 0 Å². The normalized spacial score (nSPS) is 10.3. The van der Waals surface area contributed by atoms with Gasteiger partial charge in [0.2, 0.25) is 0 Å². The number of rotatable bonds is 4. The Morgan fingerprint density at radius 3 is 2.70 bits per heavy atom. The maximum Gasteiger partial charge on any atom is 0.140 e. The summed E-state index contributed by atoms with van der Waals surface area (Å²) in [6.45, 7) is 8.62. The van der Waals surface area contributed by atoms with Gasteiger partial charge < -0.3 is 4.74 Å². The zero-order chi connectivity index (χ0) is 14.7. The third-order valence-electron chi connectivity index (χ3n) is 3.29. The highest BCUT2D eigenvalue weighted by Crippen LogP contribution is 2.25. The maximum absolute atomic E-state index is 8.76. The summed E-state index contributed by atoms with van der Waals surface area (Å²) < 4.78 is 5.90. The molecule has 0 aliphatic heterocycles. The Kier molecular flexibility index (Phi) is 4.41. The van der Waals surface area contributed by atoms with Crippen LogP contribution in [-0.2, 0) is 13.0 Å². The van der Waals surface area contributed by atoms with Gasteiger partial charge >= 0.3 is 0 Å². The fourth-order valence-electron chi connectivity index (χ4n) is 2.08. The number of benzene rings is 1. The molecular formula is C16H18N2OS. The van der Waals surface area contributed by atoms with Crippen LogP contribution in [0.4, 0.5) is 0 Å². The second-order valence-corrected chi connectivity index (χ2v) is 6.11. The number of aromatic nitrogens is 1. The average molecular weight is 286 g/mol. The van der Waals surface area contributed by atoms with Crippen LogP contribution in [0, 0.1) is 39.0 Å². The molecule has 104 valence electrons. The largest absolute Gasteiger partial charge is 0.486 e. The molecule has 0 fully saturated rings. The van der Waals surface area contributed by atoms with E-state index in [1.54, 1.807) is 11.3 Å². The molecule has 1 heterocycles. The van der Waals surface area contributed by atoms with Crippen LogP contribution in [0.15, 0.2) is 12.1 Å².